The van der Waals surface area contributed by atoms with Crippen molar-refractivity contribution in [2.24, 2.45) is 0 Å². The summed E-state index contributed by atoms with van der Waals surface area (Å²) in [5, 5.41) is 6.70. The molecule has 2 bridgehead atoms. The van der Waals surface area contributed by atoms with Crippen LogP contribution in [-0.4, -0.2) is 24.0 Å². The second-order valence-corrected chi connectivity index (χ2v) is 6.88. The summed E-state index contributed by atoms with van der Waals surface area (Å²) in [6, 6.07) is 7.81. The van der Waals surface area contributed by atoms with Crippen LogP contribution in [-0.2, 0) is 10.2 Å². The van der Waals surface area contributed by atoms with Gasteiger partial charge >= 0.3 is 0 Å². The van der Waals surface area contributed by atoms with Gasteiger partial charge in [0.05, 0.1) is 5.41 Å². The van der Waals surface area contributed by atoms with Crippen LogP contribution < -0.4 is 10.6 Å². The van der Waals surface area contributed by atoms with Crippen LogP contribution in [0.25, 0.3) is 0 Å². The van der Waals surface area contributed by atoms with Crippen molar-refractivity contribution in [1.29, 1.82) is 0 Å². The molecule has 2 N–H and O–H groups in total. The number of hydrogen-bond acceptors (Lipinski definition) is 2. The van der Waals surface area contributed by atoms with Gasteiger partial charge < -0.3 is 10.6 Å². The standard InChI is InChI=1S/C17H23FN2O/c1-17(2,14-5-3-4-6-15(14)18)16(21)20-13-9-11-7-8-12(10-13)19-11/h3-6,11-13,19H,7-10H2,1-2H3,(H,20,21). The Kier molecular flexibility index (Phi) is 3.74. The number of rotatable bonds is 3. The van der Waals surface area contributed by atoms with Crippen molar-refractivity contribution < 1.29 is 9.18 Å². The second kappa shape index (κ2) is 5.41. The van der Waals surface area contributed by atoms with E-state index >= 15 is 0 Å². The molecule has 1 aromatic carbocycles. The fourth-order valence-electron chi connectivity index (χ4n) is 3.63. The SMILES string of the molecule is CC(C)(C(=O)NC1CC2CCC(C1)N2)c1ccccc1F. The van der Waals surface area contributed by atoms with Gasteiger partial charge in [0, 0.05) is 23.7 Å². The molecule has 0 radical (unpaired) electrons. The van der Waals surface area contributed by atoms with Gasteiger partial charge in [-0.3, -0.25) is 4.79 Å². The lowest BCUT2D eigenvalue weighted by Gasteiger charge is -2.33. The van der Waals surface area contributed by atoms with Gasteiger partial charge in [-0.1, -0.05) is 18.2 Å². The van der Waals surface area contributed by atoms with Gasteiger partial charge in [-0.25, -0.2) is 4.39 Å². The van der Waals surface area contributed by atoms with Gasteiger partial charge in [-0.15, -0.1) is 0 Å². The van der Waals surface area contributed by atoms with Gasteiger partial charge in [0.2, 0.25) is 5.91 Å². The minimum Gasteiger partial charge on any atom is -0.352 e. The predicted molar refractivity (Wildman–Crippen MR) is 80.5 cm³/mol. The van der Waals surface area contributed by atoms with Crippen molar-refractivity contribution in [2.45, 2.75) is 63.1 Å². The lowest BCUT2D eigenvalue weighted by Crippen LogP contribution is -2.51. The molecule has 3 nitrogen and oxygen atoms in total. The Labute approximate surface area is 125 Å². The van der Waals surface area contributed by atoms with Crippen LogP contribution in [0.5, 0.6) is 0 Å². The van der Waals surface area contributed by atoms with E-state index in [2.05, 4.69) is 10.6 Å². The third-order valence-electron chi connectivity index (χ3n) is 4.92. The number of piperidine rings is 1. The Morgan fingerprint density at radius 3 is 2.48 bits per heavy atom. The monoisotopic (exact) mass is 290 g/mol. The summed E-state index contributed by atoms with van der Waals surface area (Å²) < 4.78 is 14.0. The summed E-state index contributed by atoms with van der Waals surface area (Å²) in [7, 11) is 0. The summed E-state index contributed by atoms with van der Waals surface area (Å²) in [6.45, 7) is 3.58. The summed E-state index contributed by atoms with van der Waals surface area (Å²) in [5.41, 5.74) is -0.394. The molecule has 2 saturated heterocycles. The molecule has 2 aliphatic rings. The second-order valence-electron chi connectivity index (χ2n) is 6.88. The van der Waals surface area contributed by atoms with E-state index in [1.54, 1.807) is 32.0 Å². The van der Waals surface area contributed by atoms with Gasteiger partial charge in [0.1, 0.15) is 5.82 Å². The quantitative estimate of drug-likeness (QED) is 0.898. The first kappa shape index (κ1) is 14.5. The zero-order valence-electron chi connectivity index (χ0n) is 12.7. The molecule has 2 unspecified atom stereocenters. The average Bonchev–Trinajstić information content (AvgIpc) is 2.78. The summed E-state index contributed by atoms with van der Waals surface area (Å²) in [4.78, 5) is 12.6. The molecule has 2 aliphatic heterocycles. The van der Waals surface area contributed by atoms with Crippen molar-refractivity contribution in [1.82, 2.24) is 10.6 Å². The van der Waals surface area contributed by atoms with Crippen LogP contribution in [0, 0.1) is 5.82 Å². The summed E-state index contributed by atoms with van der Waals surface area (Å²) >= 11 is 0. The largest absolute Gasteiger partial charge is 0.352 e. The van der Waals surface area contributed by atoms with Crippen molar-refractivity contribution in [3.05, 3.63) is 35.6 Å². The highest BCUT2D eigenvalue weighted by molar-refractivity contribution is 5.87. The maximum Gasteiger partial charge on any atom is 0.230 e. The van der Waals surface area contributed by atoms with E-state index in [0.717, 1.165) is 12.8 Å². The molecule has 0 aromatic heterocycles. The predicted octanol–water partition coefficient (Wildman–Crippen LogP) is 2.50. The maximum absolute atomic E-state index is 14.0. The van der Waals surface area contributed by atoms with Crippen LogP contribution in [0.15, 0.2) is 24.3 Å². The molecule has 0 saturated carbocycles. The van der Waals surface area contributed by atoms with Crippen molar-refractivity contribution in [2.75, 3.05) is 0 Å². The highest BCUT2D eigenvalue weighted by Gasteiger charge is 2.38. The maximum atomic E-state index is 14.0. The van der Waals surface area contributed by atoms with Gasteiger partial charge in [0.25, 0.3) is 0 Å². The minimum atomic E-state index is -0.852. The van der Waals surface area contributed by atoms with Crippen LogP contribution in [0.1, 0.15) is 45.1 Å². The molecular formula is C17H23FN2O. The van der Waals surface area contributed by atoms with E-state index < -0.39 is 5.41 Å². The Bertz CT molecular complexity index is 531. The number of carbonyl (C=O) groups excluding carboxylic acids is 1. The molecule has 3 rings (SSSR count). The Balaban J connectivity index is 1.71. The molecule has 1 aromatic rings. The van der Waals surface area contributed by atoms with Gasteiger partial charge in [0.15, 0.2) is 0 Å². The number of hydrogen-bond donors (Lipinski definition) is 2. The molecule has 4 heteroatoms. The molecule has 2 fully saturated rings. The van der Waals surface area contributed by atoms with E-state index in [-0.39, 0.29) is 17.8 Å². The third-order valence-corrected chi connectivity index (χ3v) is 4.92. The Hall–Kier alpha value is -1.42. The first-order valence-electron chi connectivity index (χ1n) is 7.79. The van der Waals surface area contributed by atoms with Crippen molar-refractivity contribution in [3.8, 4) is 0 Å². The Morgan fingerprint density at radius 1 is 1.24 bits per heavy atom. The number of fused-ring (bicyclic) bond motifs is 2. The molecular weight excluding hydrogens is 267 g/mol. The van der Waals surface area contributed by atoms with E-state index in [4.69, 9.17) is 0 Å². The van der Waals surface area contributed by atoms with Crippen molar-refractivity contribution in [3.63, 3.8) is 0 Å². The lowest BCUT2D eigenvalue weighted by atomic mass is 9.82. The average molecular weight is 290 g/mol. The van der Waals surface area contributed by atoms with Crippen LogP contribution in [0.3, 0.4) is 0 Å². The van der Waals surface area contributed by atoms with Crippen LogP contribution in [0.2, 0.25) is 0 Å². The number of benzene rings is 1. The molecule has 21 heavy (non-hydrogen) atoms. The Morgan fingerprint density at radius 2 is 1.86 bits per heavy atom. The normalized spacial score (nSPS) is 28.4. The number of nitrogens with one attached hydrogen (secondary N) is 2. The van der Waals surface area contributed by atoms with Gasteiger partial charge in [-0.05, 0) is 45.6 Å². The molecule has 2 atom stereocenters. The molecule has 1 amide bonds. The molecule has 0 aliphatic carbocycles. The fourth-order valence-corrected chi connectivity index (χ4v) is 3.63. The van der Waals surface area contributed by atoms with Crippen LogP contribution >= 0.6 is 0 Å². The van der Waals surface area contributed by atoms with Gasteiger partial charge in [-0.2, -0.15) is 0 Å². The van der Waals surface area contributed by atoms with Crippen LogP contribution in [0.4, 0.5) is 4.39 Å². The first-order valence-corrected chi connectivity index (χ1v) is 7.79. The molecule has 114 valence electrons. The zero-order valence-corrected chi connectivity index (χ0v) is 12.7. The first-order chi connectivity index (χ1) is 9.96. The summed E-state index contributed by atoms with van der Waals surface area (Å²) in [5.74, 6) is -0.401. The molecule has 0 spiro atoms. The van der Waals surface area contributed by atoms with E-state index in [9.17, 15) is 9.18 Å². The lowest BCUT2D eigenvalue weighted by molar-refractivity contribution is -0.126. The number of carbonyl (C=O) groups is 1. The van der Waals surface area contributed by atoms with E-state index in [0.29, 0.717) is 17.6 Å². The summed E-state index contributed by atoms with van der Waals surface area (Å²) in [6.07, 6.45) is 4.37. The fraction of sp³-hybridized carbons (Fsp3) is 0.588. The molecule has 2 heterocycles. The third kappa shape index (κ3) is 2.82. The topological polar surface area (TPSA) is 41.1 Å². The number of halogens is 1. The highest BCUT2D eigenvalue weighted by Crippen LogP contribution is 2.29. The highest BCUT2D eigenvalue weighted by atomic mass is 19.1. The zero-order chi connectivity index (χ0) is 15.0. The smallest absolute Gasteiger partial charge is 0.230 e. The van der Waals surface area contributed by atoms with E-state index in [1.165, 1.54) is 18.9 Å². The van der Waals surface area contributed by atoms with E-state index in [1.807, 2.05) is 0 Å². The minimum absolute atomic E-state index is 0.0844. The number of amides is 1. The van der Waals surface area contributed by atoms with Crippen molar-refractivity contribution >= 4 is 5.91 Å².